The van der Waals surface area contributed by atoms with Gasteiger partial charge in [0, 0.05) is 6.54 Å². The highest BCUT2D eigenvalue weighted by molar-refractivity contribution is 5.95. The number of amides is 1. The second kappa shape index (κ2) is 7.19. The minimum atomic E-state index is -0.541. The molecule has 0 radical (unpaired) electrons. The van der Waals surface area contributed by atoms with Crippen LogP contribution in [0.25, 0.3) is 0 Å². The van der Waals surface area contributed by atoms with Gasteiger partial charge in [-0.05, 0) is 43.5 Å². The number of aromatic nitrogens is 2. The van der Waals surface area contributed by atoms with Crippen molar-refractivity contribution in [2.24, 2.45) is 0 Å². The number of methoxy groups -OCH3 is 1. The second-order valence-corrected chi connectivity index (χ2v) is 6.34. The van der Waals surface area contributed by atoms with Crippen LogP contribution in [-0.2, 0) is 6.42 Å². The Hall–Kier alpha value is -2.47. The third-order valence-electron chi connectivity index (χ3n) is 4.58. The Bertz CT molecular complexity index is 778. The van der Waals surface area contributed by atoms with Crippen molar-refractivity contribution in [3.8, 4) is 5.75 Å². The largest absolute Gasteiger partial charge is 0.497 e. The molecule has 6 heteroatoms. The van der Waals surface area contributed by atoms with Crippen molar-refractivity contribution in [3.05, 3.63) is 52.8 Å². The Balaban J connectivity index is 1.96. The van der Waals surface area contributed by atoms with E-state index in [-0.39, 0.29) is 11.9 Å². The molecule has 1 amide bonds. The van der Waals surface area contributed by atoms with E-state index in [0.717, 1.165) is 11.3 Å². The maximum Gasteiger partial charge on any atom is 0.256 e. The molecular formula is C19H23N3O3. The van der Waals surface area contributed by atoms with Crippen LogP contribution < -0.4 is 4.74 Å². The van der Waals surface area contributed by atoms with E-state index in [9.17, 15) is 9.90 Å². The van der Waals surface area contributed by atoms with Gasteiger partial charge in [0.05, 0.1) is 36.2 Å². The van der Waals surface area contributed by atoms with Gasteiger partial charge >= 0.3 is 0 Å². The predicted octanol–water partition coefficient (Wildman–Crippen LogP) is 2.30. The summed E-state index contributed by atoms with van der Waals surface area (Å²) in [5, 5.41) is 18.4. The maximum atomic E-state index is 13.2. The molecule has 1 aromatic heterocycles. The molecule has 2 aromatic rings. The van der Waals surface area contributed by atoms with Crippen LogP contribution in [0, 0.1) is 6.92 Å². The van der Waals surface area contributed by atoms with Gasteiger partial charge in [0.1, 0.15) is 5.75 Å². The van der Waals surface area contributed by atoms with E-state index in [0.29, 0.717) is 36.3 Å². The molecule has 6 nitrogen and oxygen atoms in total. The molecule has 0 spiro atoms. The number of benzene rings is 1. The summed E-state index contributed by atoms with van der Waals surface area (Å²) in [6.07, 6.45) is 0.605. The number of β-amino-alcohol motifs (C(OH)–C–C–N with tert-alkyl or cyclic N) is 1. The highest BCUT2D eigenvalue weighted by Gasteiger charge is 2.36. The van der Waals surface area contributed by atoms with Crippen LogP contribution in [0.15, 0.2) is 30.3 Å². The van der Waals surface area contributed by atoms with Gasteiger partial charge in [-0.15, -0.1) is 0 Å². The minimum Gasteiger partial charge on any atom is -0.497 e. The highest BCUT2D eigenvalue weighted by Crippen LogP contribution is 2.35. The van der Waals surface area contributed by atoms with Crippen molar-refractivity contribution >= 4 is 5.91 Å². The van der Waals surface area contributed by atoms with Gasteiger partial charge in [-0.1, -0.05) is 19.1 Å². The molecule has 2 atom stereocenters. The second-order valence-electron chi connectivity index (χ2n) is 6.34. The van der Waals surface area contributed by atoms with Crippen molar-refractivity contribution in [2.75, 3.05) is 13.7 Å². The summed E-state index contributed by atoms with van der Waals surface area (Å²) < 4.78 is 5.29. The number of hydrogen-bond donors (Lipinski definition) is 1. The molecule has 0 aliphatic carbocycles. The lowest BCUT2D eigenvalue weighted by Gasteiger charge is -2.25. The number of aryl methyl sites for hydroxylation is 2. The van der Waals surface area contributed by atoms with E-state index in [1.807, 2.05) is 38.1 Å². The summed E-state index contributed by atoms with van der Waals surface area (Å²) in [7, 11) is 1.62. The first-order valence-corrected chi connectivity index (χ1v) is 8.49. The Kier molecular flexibility index (Phi) is 4.99. The average molecular weight is 341 g/mol. The van der Waals surface area contributed by atoms with Gasteiger partial charge in [0.2, 0.25) is 0 Å². The van der Waals surface area contributed by atoms with Crippen LogP contribution in [0.1, 0.15) is 46.7 Å². The third kappa shape index (κ3) is 3.49. The van der Waals surface area contributed by atoms with Gasteiger partial charge in [-0.25, -0.2) is 0 Å². The number of hydrogen-bond acceptors (Lipinski definition) is 5. The fraction of sp³-hybridized carbons (Fsp3) is 0.421. The van der Waals surface area contributed by atoms with E-state index in [1.165, 1.54) is 0 Å². The molecule has 1 saturated heterocycles. The molecular weight excluding hydrogens is 318 g/mol. The number of nitrogens with zero attached hydrogens (tertiary/aromatic N) is 3. The third-order valence-corrected chi connectivity index (χ3v) is 4.58. The van der Waals surface area contributed by atoms with Crippen LogP contribution in [0.5, 0.6) is 5.75 Å². The first-order valence-electron chi connectivity index (χ1n) is 8.49. The van der Waals surface area contributed by atoms with Crippen LogP contribution in [-0.4, -0.2) is 45.9 Å². The van der Waals surface area contributed by atoms with Gasteiger partial charge in [-0.2, -0.15) is 10.2 Å². The summed E-state index contributed by atoms with van der Waals surface area (Å²) >= 11 is 0. The molecule has 1 aromatic carbocycles. The van der Waals surface area contributed by atoms with Gasteiger partial charge < -0.3 is 14.7 Å². The maximum absolute atomic E-state index is 13.2. The van der Waals surface area contributed by atoms with Gasteiger partial charge in [0.15, 0.2) is 0 Å². The lowest BCUT2D eigenvalue weighted by molar-refractivity contribution is 0.0713. The van der Waals surface area contributed by atoms with Crippen molar-refractivity contribution in [1.82, 2.24) is 15.1 Å². The number of likely N-dealkylation sites (tertiary alicyclic amines) is 1. The predicted molar refractivity (Wildman–Crippen MR) is 93.5 cm³/mol. The molecule has 132 valence electrons. The molecule has 0 saturated carbocycles. The van der Waals surface area contributed by atoms with Crippen molar-refractivity contribution in [1.29, 1.82) is 0 Å². The van der Waals surface area contributed by atoms with E-state index in [2.05, 4.69) is 10.2 Å². The highest BCUT2D eigenvalue weighted by atomic mass is 16.5. The van der Waals surface area contributed by atoms with E-state index in [4.69, 9.17) is 4.74 Å². The number of rotatable bonds is 4. The van der Waals surface area contributed by atoms with Crippen LogP contribution in [0.2, 0.25) is 0 Å². The summed E-state index contributed by atoms with van der Waals surface area (Å²) in [6, 6.07) is 9.24. The number of carbonyl (C=O) groups excluding carboxylic acids is 1. The van der Waals surface area contributed by atoms with Crippen LogP contribution in [0.4, 0.5) is 0 Å². The standard InChI is InChI=1S/C19H23N3O3/c1-4-17-16(8-12(2)20-21-17)19(24)22-11-14(23)10-18(22)13-6-5-7-15(9-13)25-3/h5-9,14,18,23H,4,10-11H2,1-3H3. The first-order chi connectivity index (χ1) is 12.0. The van der Waals surface area contributed by atoms with Crippen molar-refractivity contribution < 1.29 is 14.6 Å². The van der Waals surface area contributed by atoms with Crippen molar-refractivity contribution in [2.45, 2.75) is 38.8 Å². The zero-order valence-corrected chi connectivity index (χ0v) is 14.8. The zero-order chi connectivity index (χ0) is 18.0. The molecule has 25 heavy (non-hydrogen) atoms. The molecule has 1 fully saturated rings. The summed E-state index contributed by atoms with van der Waals surface area (Å²) in [6.45, 7) is 4.08. The number of ether oxygens (including phenoxy) is 1. The molecule has 1 aliphatic heterocycles. The van der Waals surface area contributed by atoms with E-state index in [1.54, 1.807) is 18.1 Å². The average Bonchev–Trinajstić information content (AvgIpc) is 3.03. The summed E-state index contributed by atoms with van der Waals surface area (Å²) in [5.74, 6) is 0.626. The summed E-state index contributed by atoms with van der Waals surface area (Å²) in [5.41, 5.74) is 2.91. The Morgan fingerprint density at radius 1 is 1.36 bits per heavy atom. The van der Waals surface area contributed by atoms with Crippen LogP contribution in [0.3, 0.4) is 0 Å². The normalized spacial score (nSPS) is 19.9. The lowest BCUT2D eigenvalue weighted by atomic mass is 10.0. The smallest absolute Gasteiger partial charge is 0.256 e. The quantitative estimate of drug-likeness (QED) is 0.923. The van der Waals surface area contributed by atoms with E-state index >= 15 is 0 Å². The molecule has 1 N–H and O–H groups in total. The molecule has 1 aliphatic rings. The first kappa shape index (κ1) is 17.4. The van der Waals surface area contributed by atoms with Crippen LogP contribution >= 0.6 is 0 Å². The topological polar surface area (TPSA) is 75.6 Å². The number of carbonyl (C=O) groups is 1. The SMILES string of the molecule is CCc1nnc(C)cc1C(=O)N1CC(O)CC1c1cccc(OC)c1. The van der Waals surface area contributed by atoms with Crippen molar-refractivity contribution in [3.63, 3.8) is 0 Å². The molecule has 2 unspecified atom stereocenters. The summed E-state index contributed by atoms with van der Waals surface area (Å²) in [4.78, 5) is 14.9. The number of aliphatic hydroxyl groups is 1. The fourth-order valence-corrected chi connectivity index (χ4v) is 3.32. The number of aliphatic hydroxyl groups excluding tert-OH is 1. The van der Waals surface area contributed by atoms with E-state index < -0.39 is 6.10 Å². The zero-order valence-electron chi connectivity index (χ0n) is 14.8. The lowest BCUT2D eigenvalue weighted by Crippen LogP contribution is -2.32. The monoisotopic (exact) mass is 341 g/mol. The Morgan fingerprint density at radius 2 is 2.16 bits per heavy atom. The fourth-order valence-electron chi connectivity index (χ4n) is 3.32. The Labute approximate surface area is 147 Å². The van der Waals surface area contributed by atoms with Gasteiger partial charge in [0.25, 0.3) is 5.91 Å². The Morgan fingerprint density at radius 3 is 2.88 bits per heavy atom. The molecule has 0 bridgehead atoms. The minimum absolute atomic E-state index is 0.112. The molecule has 3 rings (SSSR count). The molecule has 2 heterocycles. The van der Waals surface area contributed by atoms with Gasteiger partial charge in [-0.3, -0.25) is 4.79 Å².